The van der Waals surface area contributed by atoms with E-state index in [1.54, 1.807) is 0 Å². The lowest BCUT2D eigenvalue weighted by Gasteiger charge is -2.21. The first-order valence-electron chi connectivity index (χ1n) is 39.7. The molecule has 17 nitrogen and oxygen atoms in total. The van der Waals surface area contributed by atoms with Gasteiger partial charge in [0.2, 0.25) is 0 Å². The van der Waals surface area contributed by atoms with Crippen LogP contribution in [-0.2, 0) is 65.4 Å². The largest absolute Gasteiger partial charge is 0.472 e. The minimum Gasteiger partial charge on any atom is -0.462 e. The maximum Gasteiger partial charge on any atom is 0.472 e. The summed E-state index contributed by atoms with van der Waals surface area (Å²) in [5.41, 5.74) is 0. The second kappa shape index (κ2) is 66.3. The molecule has 96 heavy (non-hydrogen) atoms. The second-order valence-corrected chi connectivity index (χ2v) is 32.6. The average molecular weight is 1410 g/mol. The molecule has 0 rings (SSSR count). The molecule has 0 aromatic rings. The summed E-state index contributed by atoms with van der Waals surface area (Å²) in [5.74, 6) is 0.914. The highest BCUT2D eigenvalue weighted by Gasteiger charge is 2.30. The summed E-state index contributed by atoms with van der Waals surface area (Å²) in [6.07, 6.45) is 51.4. The van der Waals surface area contributed by atoms with Crippen LogP contribution in [0.1, 0.15) is 389 Å². The van der Waals surface area contributed by atoms with Crippen molar-refractivity contribution in [1.82, 2.24) is 0 Å². The zero-order valence-electron chi connectivity index (χ0n) is 63.0. The number of carbonyl (C=O) groups excluding carboxylic acids is 4. The third kappa shape index (κ3) is 70.5. The molecule has 570 valence electrons. The lowest BCUT2D eigenvalue weighted by molar-refractivity contribution is -0.161. The number of esters is 4. The van der Waals surface area contributed by atoms with E-state index in [0.29, 0.717) is 31.6 Å². The summed E-state index contributed by atoms with van der Waals surface area (Å²) in [4.78, 5) is 72.8. The van der Waals surface area contributed by atoms with Crippen LogP contribution in [0.15, 0.2) is 0 Å². The zero-order chi connectivity index (χ0) is 71.0. The monoisotopic (exact) mass is 1410 g/mol. The number of rotatable bonds is 74. The van der Waals surface area contributed by atoms with Crippen LogP contribution in [0, 0.1) is 23.7 Å². The molecule has 0 amide bonds. The molecule has 0 fully saturated rings. The molecular weight excluding hydrogens is 1260 g/mol. The number of aliphatic hydroxyl groups is 1. The minimum absolute atomic E-state index is 0.105. The van der Waals surface area contributed by atoms with Crippen LogP contribution in [0.3, 0.4) is 0 Å². The van der Waals surface area contributed by atoms with Gasteiger partial charge in [-0.2, -0.15) is 0 Å². The highest BCUT2D eigenvalue weighted by Crippen LogP contribution is 2.45. The number of hydrogen-bond acceptors (Lipinski definition) is 15. The van der Waals surface area contributed by atoms with Gasteiger partial charge in [0.15, 0.2) is 12.2 Å². The van der Waals surface area contributed by atoms with Gasteiger partial charge in [-0.05, 0) is 49.4 Å². The van der Waals surface area contributed by atoms with Gasteiger partial charge < -0.3 is 33.8 Å². The fraction of sp³-hybridized carbons (Fsp3) is 0.948. The molecule has 0 spiro atoms. The van der Waals surface area contributed by atoms with Crippen molar-refractivity contribution in [2.24, 2.45) is 23.7 Å². The molecule has 5 atom stereocenters. The SMILES string of the molecule is CC(C)CCCCCCCCCCCCCCCCCCC(=O)OC[C@H](COP(=O)(O)OCC(O)COP(=O)(O)OC[C@@H](COC(=O)CCCCCCCCCC(C)C)OC(=O)CCCCCCCCCCCCC(C)C)OC(=O)CCCCCCCCCCCCCC(C)C. The fourth-order valence-electron chi connectivity index (χ4n) is 11.7. The number of phosphoric acid groups is 2. The van der Waals surface area contributed by atoms with Gasteiger partial charge >= 0.3 is 39.5 Å². The number of phosphoric ester groups is 2. The first-order chi connectivity index (χ1) is 46.1. The van der Waals surface area contributed by atoms with E-state index in [4.69, 9.17) is 37.0 Å². The van der Waals surface area contributed by atoms with Crippen LogP contribution in [0.5, 0.6) is 0 Å². The fourth-order valence-corrected chi connectivity index (χ4v) is 13.3. The summed E-state index contributed by atoms with van der Waals surface area (Å²) in [7, 11) is -9.91. The van der Waals surface area contributed by atoms with Crippen LogP contribution in [-0.4, -0.2) is 96.7 Å². The molecule has 0 aromatic heterocycles. The van der Waals surface area contributed by atoms with E-state index in [2.05, 4.69) is 55.4 Å². The van der Waals surface area contributed by atoms with Crippen LogP contribution in [0.2, 0.25) is 0 Å². The van der Waals surface area contributed by atoms with Crippen molar-refractivity contribution >= 4 is 39.5 Å². The number of hydrogen-bond donors (Lipinski definition) is 3. The molecule has 3 N–H and O–H groups in total. The molecule has 0 radical (unpaired) electrons. The first-order valence-corrected chi connectivity index (χ1v) is 42.7. The number of carbonyl (C=O) groups is 4. The van der Waals surface area contributed by atoms with Crippen molar-refractivity contribution in [2.75, 3.05) is 39.6 Å². The summed E-state index contributed by atoms with van der Waals surface area (Å²) < 4.78 is 68.5. The van der Waals surface area contributed by atoms with Gasteiger partial charge in [0.25, 0.3) is 0 Å². The zero-order valence-corrected chi connectivity index (χ0v) is 64.8. The third-order valence-electron chi connectivity index (χ3n) is 17.8. The quantitative estimate of drug-likeness (QED) is 0.0222. The maximum atomic E-state index is 13.1. The average Bonchev–Trinajstić information content (AvgIpc) is 1.25. The molecule has 0 saturated heterocycles. The Morgan fingerprint density at radius 3 is 0.646 bits per heavy atom. The van der Waals surface area contributed by atoms with E-state index in [1.165, 1.54) is 186 Å². The Morgan fingerprint density at radius 1 is 0.260 bits per heavy atom. The van der Waals surface area contributed by atoms with Crippen molar-refractivity contribution < 1.29 is 80.2 Å². The number of aliphatic hydroxyl groups excluding tert-OH is 1. The smallest absolute Gasteiger partial charge is 0.462 e. The lowest BCUT2D eigenvalue weighted by atomic mass is 10.0. The maximum absolute atomic E-state index is 13.1. The van der Waals surface area contributed by atoms with E-state index in [0.717, 1.165) is 114 Å². The van der Waals surface area contributed by atoms with E-state index >= 15 is 0 Å². The predicted octanol–water partition coefficient (Wildman–Crippen LogP) is 22.4. The van der Waals surface area contributed by atoms with Crippen LogP contribution >= 0.6 is 15.6 Å². The van der Waals surface area contributed by atoms with Gasteiger partial charge in [0.1, 0.15) is 19.3 Å². The number of unbranched alkanes of at least 4 members (excludes halogenated alkanes) is 40. The summed E-state index contributed by atoms with van der Waals surface area (Å²) in [6.45, 7) is 14.2. The van der Waals surface area contributed by atoms with Gasteiger partial charge in [0, 0.05) is 25.7 Å². The van der Waals surface area contributed by atoms with Gasteiger partial charge in [-0.1, -0.05) is 338 Å². The van der Waals surface area contributed by atoms with Crippen molar-refractivity contribution in [1.29, 1.82) is 0 Å². The van der Waals surface area contributed by atoms with Crippen LogP contribution < -0.4 is 0 Å². The van der Waals surface area contributed by atoms with Gasteiger partial charge in [0.05, 0.1) is 26.4 Å². The Kier molecular flexibility index (Phi) is 65.0. The van der Waals surface area contributed by atoms with Gasteiger partial charge in [-0.3, -0.25) is 37.3 Å². The molecule has 0 heterocycles. The molecule has 0 bridgehead atoms. The summed E-state index contributed by atoms with van der Waals surface area (Å²) in [5, 5.41) is 10.6. The standard InChI is InChI=1S/C77H150O17P2/c1-67(2)53-45-37-29-22-16-13-11-9-10-12-14-18-25-33-41-49-57-74(79)87-63-72(93-76(81)59-51-43-34-26-19-15-17-23-30-38-46-54-68(3)4)65-91-95(83,84)89-61-71(78)62-90-96(85,86)92-66-73(64-88-75(80)58-50-42-36-28-32-40-48-56-70(7)8)94-77(82)60-52-44-35-27-21-20-24-31-39-47-55-69(5)6/h67-73,78H,9-66H2,1-8H3,(H,83,84)(H,85,86)/t71?,72-,73-/m1/s1. The molecule has 0 aliphatic heterocycles. The van der Waals surface area contributed by atoms with Crippen molar-refractivity contribution in [2.45, 2.75) is 408 Å². The molecule has 0 aliphatic rings. The van der Waals surface area contributed by atoms with Crippen molar-refractivity contribution in [3.05, 3.63) is 0 Å². The van der Waals surface area contributed by atoms with Gasteiger partial charge in [-0.15, -0.1) is 0 Å². The minimum atomic E-state index is -4.96. The summed E-state index contributed by atoms with van der Waals surface area (Å²) >= 11 is 0. The molecule has 0 aliphatic carbocycles. The Labute approximate surface area is 588 Å². The Hall–Kier alpha value is -1.94. The van der Waals surface area contributed by atoms with Crippen LogP contribution in [0.4, 0.5) is 0 Å². The normalized spacial score (nSPS) is 14.1. The highest BCUT2D eigenvalue weighted by atomic mass is 31.2. The van der Waals surface area contributed by atoms with E-state index in [1.807, 2.05) is 0 Å². The van der Waals surface area contributed by atoms with E-state index < -0.39 is 97.5 Å². The van der Waals surface area contributed by atoms with Crippen molar-refractivity contribution in [3.8, 4) is 0 Å². The van der Waals surface area contributed by atoms with E-state index in [-0.39, 0.29) is 25.7 Å². The van der Waals surface area contributed by atoms with Crippen molar-refractivity contribution in [3.63, 3.8) is 0 Å². The summed E-state index contributed by atoms with van der Waals surface area (Å²) in [6, 6.07) is 0. The topological polar surface area (TPSA) is 237 Å². The molecule has 19 heteroatoms. The van der Waals surface area contributed by atoms with Crippen LogP contribution in [0.25, 0.3) is 0 Å². The lowest BCUT2D eigenvalue weighted by Crippen LogP contribution is -2.30. The third-order valence-corrected chi connectivity index (χ3v) is 19.7. The predicted molar refractivity (Wildman–Crippen MR) is 391 cm³/mol. The molecule has 3 unspecified atom stereocenters. The Morgan fingerprint density at radius 2 is 0.438 bits per heavy atom. The molecular formula is C77H150O17P2. The van der Waals surface area contributed by atoms with Gasteiger partial charge in [-0.25, -0.2) is 9.13 Å². The molecule has 0 aromatic carbocycles. The highest BCUT2D eigenvalue weighted by molar-refractivity contribution is 7.47. The van der Waals surface area contributed by atoms with E-state index in [9.17, 15) is 43.2 Å². The number of ether oxygens (including phenoxy) is 4. The Bertz CT molecular complexity index is 1880. The Balaban J connectivity index is 5.23. The first kappa shape index (κ1) is 94.1. The molecule has 0 saturated carbocycles. The second-order valence-electron chi connectivity index (χ2n) is 29.7.